The molecule has 54 heavy (non-hydrogen) atoms. The van der Waals surface area contributed by atoms with Crippen LogP contribution in [0.2, 0.25) is 5.02 Å². The van der Waals surface area contributed by atoms with Gasteiger partial charge in [-0.25, -0.2) is 0 Å². The van der Waals surface area contributed by atoms with Gasteiger partial charge in [0.15, 0.2) is 5.78 Å². The number of benzene rings is 1. The fraction of sp³-hybridized carbons (Fsp3) is 0.761. The summed E-state index contributed by atoms with van der Waals surface area (Å²) in [5.41, 5.74) is 1.52. The summed E-state index contributed by atoms with van der Waals surface area (Å²) in [6.45, 7) is 20.1. The van der Waals surface area contributed by atoms with Gasteiger partial charge in [0, 0.05) is 34.4 Å². The summed E-state index contributed by atoms with van der Waals surface area (Å²) in [5.74, 6) is 0.0483. The van der Waals surface area contributed by atoms with Crippen LogP contribution in [0.15, 0.2) is 35.4 Å². The molecular formula is C46H66ClNO6. The molecule has 0 aliphatic heterocycles. The molecule has 0 radical (unpaired) electrons. The molecule has 0 aromatic heterocycles. The summed E-state index contributed by atoms with van der Waals surface area (Å²) in [6, 6.07) is 8.08. The Morgan fingerprint density at radius 3 is 2.19 bits per heavy atom. The minimum absolute atomic E-state index is 0.0163. The molecule has 0 bridgehead atoms. The molecule has 7 rings (SSSR count). The number of rotatable bonds is 10. The number of carbonyl (C=O) groups excluding carboxylic acids is 2. The number of aliphatic hydroxyl groups excluding tert-OH is 1. The third kappa shape index (κ3) is 5.89. The molecule has 1 aromatic rings. The number of ketones is 1. The van der Waals surface area contributed by atoms with Gasteiger partial charge >= 0.3 is 11.9 Å². The minimum atomic E-state index is -1.17. The Bertz CT molecular complexity index is 1730. The molecule has 5 fully saturated rings. The molecule has 7 nitrogen and oxygen atoms in total. The van der Waals surface area contributed by atoms with E-state index in [2.05, 4.69) is 65.9 Å². The standard InChI is InChI=1S/C46H66ClNO6/c1-27(2)37-31(49)24-45(34(50)26-48-46(22-23-46)28-10-12-29(47)13-11-28)21-20-43(8)30(38(37)45)14-15-33-42(7)18-17-35(54-36(51)25-40(3,4)39(52)53)41(5,6)32(42)16-19-44(33,43)9/h10-13,27,30,32-35,48,50H,14-26H2,1-9H3,(H,52,53)/t30-,32+,33-,34?,35+,42+,43-,44-,45?/m1/s1. The first-order valence-electron chi connectivity index (χ1n) is 21.0. The van der Waals surface area contributed by atoms with E-state index in [1.807, 2.05) is 12.1 Å². The van der Waals surface area contributed by atoms with Crippen LogP contribution in [0.4, 0.5) is 0 Å². The Balaban J connectivity index is 1.15. The zero-order valence-electron chi connectivity index (χ0n) is 34.4. The second-order valence-corrected chi connectivity index (χ2v) is 21.5. The average Bonchev–Trinajstić information content (AvgIpc) is 3.80. The molecule has 0 saturated heterocycles. The predicted molar refractivity (Wildman–Crippen MR) is 212 cm³/mol. The van der Waals surface area contributed by atoms with Gasteiger partial charge in [-0.05, 0) is 141 Å². The molecule has 298 valence electrons. The van der Waals surface area contributed by atoms with E-state index >= 15 is 0 Å². The average molecular weight is 764 g/mol. The highest BCUT2D eigenvalue weighted by atomic mass is 35.5. The van der Waals surface area contributed by atoms with Gasteiger partial charge < -0.3 is 20.3 Å². The lowest BCUT2D eigenvalue weighted by molar-refractivity contribution is -0.235. The van der Waals surface area contributed by atoms with Crippen LogP contribution in [0.25, 0.3) is 0 Å². The zero-order valence-corrected chi connectivity index (χ0v) is 35.1. The number of carbonyl (C=O) groups is 3. The third-order valence-electron chi connectivity index (χ3n) is 17.3. The maximum Gasteiger partial charge on any atom is 0.309 e. The van der Waals surface area contributed by atoms with Crippen molar-refractivity contribution < 1.29 is 29.3 Å². The van der Waals surface area contributed by atoms with Crippen LogP contribution in [0, 0.1) is 56.2 Å². The molecule has 6 aliphatic rings. The lowest BCUT2D eigenvalue weighted by Crippen LogP contribution is -2.66. The van der Waals surface area contributed by atoms with Crippen molar-refractivity contribution in [3.05, 3.63) is 46.0 Å². The normalized spacial score (nSPS) is 38.6. The number of allylic oxidation sites excluding steroid dienone is 1. The lowest BCUT2D eigenvalue weighted by Gasteiger charge is -2.72. The van der Waals surface area contributed by atoms with Crippen molar-refractivity contribution in [2.24, 2.45) is 56.2 Å². The van der Waals surface area contributed by atoms with E-state index in [4.69, 9.17) is 16.3 Å². The van der Waals surface area contributed by atoms with Crippen molar-refractivity contribution in [3.63, 3.8) is 0 Å². The summed E-state index contributed by atoms with van der Waals surface area (Å²) in [4.78, 5) is 39.0. The monoisotopic (exact) mass is 763 g/mol. The predicted octanol–water partition coefficient (Wildman–Crippen LogP) is 9.67. The van der Waals surface area contributed by atoms with Crippen molar-refractivity contribution in [1.82, 2.24) is 5.32 Å². The van der Waals surface area contributed by atoms with Crippen LogP contribution < -0.4 is 5.32 Å². The number of halogens is 1. The highest BCUT2D eigenvalue weighted by molar-refractivity contribution is 6.30. The van der Waals surface area contributed by atoms with E-state index in [1.54, 1.807) is 13.8 Å². The number of aliphatic carboxylic acids is 1. The quantitative estimate of drug-likeness (QED) is 0.204. The van der Waals surface area contributed by atoms with Crippen molar-refractivity contribution in [2.45, 2.75) is 157 Å². The Kier molecular flexibility index (Phi) is 9.75. The molecule has 3 N–H and O–H groups in total. The summed E-state index contributed by atoms with van der Waals surface area (Å²) < 4.78 is 6.18. The number of hydrogen-bond donors (Lipinski definition) is 3. The molecule has 0 spiro atoms. The number of hydrogen-bond acceptors (Lipinski definition) is 6. The Morgan fingerprint density at radius 1 is 0.907 bits per heavy atom. The number of Topliss-reactive ketones (excluding diaryl/α,β-unsaturated/α-hetero) is 1. The number of esters is 1. The topological polar surface area (TPSA) is 113 Å². The third-order valence-corrected chi connectivity index (χ3v) is 17.5. The van der Waals surface area contributed by atoms with Crippen LogP contribution >= 0.6 is 11.6 Å². The highest BCUT2D eigenvalue weighted by Gasteiger charge is 2.71. The van der Waals surface area contributed by atoms with E-state index < -0.39 is 28.9 Å². The highest BCUT2D eigenvalue weighted by Crippen LogP contribution is 2.77. The maximum absolute atomic E-state index is 14.2. The van der Waals surface area contributed by atoms with E-state index in [1.165, 1.54) is 11.1 Å². The molecule has 9 atom stereocenters. The van der Waals surface area contributed by atoms with Gasteiger partial charge in [0.05, 0.1) is 17.9 Å². The summed E-state index contributed by atoms with van der Waals surface area (Å²) in [6.07, 6.45) is 9.26. The second kappa shape index (κ2) is 13.2. The van der Waals surface area contributed by atoms with E-state index in [9.17, 15) is 24.6 Å². The number of nitrogens with one attached hydrogen (secondary N) is 1. The van der Waals surface area contributed by atoms with Crippen molar-refractivity contribution in [2.75, 3.05) is 6.54 Å². The Hall–Kier alpha value is -2.22. The minimum Gasteiger partial charge on any atom is -0.481 e. The van der Waals surface area contributed by atoms with E-state index in [-0.39, 0.29) is 57.3 Å². The maximum atomic E-state index is 14.2. The van der Waals surface area contributed by atoms with Gasteiger partial charge in [0.2, 0.25) is 0 Å². The Labute approximate surface area is 328 Å². The largest absolute Gasteiger partial charge is 0.481 e. The Morgan fingerprint density at radius 2 is 1.57 bits per heavy atom. The molecule has 6 aliphatic carbocycles. The summed E-state index contributed by atoms with van der Waals surface area (Å²) in [7, 11) is 0. The molecule has 8 heteroatoms. The molecule has 1 aromatic carbocycles. The number of ether oxygens (including phenoxy) is 1. The second-order valence-electron chi connectivity index (χ2n) is 21.0. The smallest absolute Gasteiger partial charge is 0.309 e. The van der Waals surface area contributed by atoms with Crippen molar-refractivity contribution in [3.8, 4) is 0 Å². The van der Waals surface area contributed by atoms with Gasteiger partial charge in [-0.2, -0.15) is 0 Å². The molecule has 0 heterocycles. The van der Waals surface area contributed by atoms with Gasteiger partial charge in [0.25, 0.3) is 0 Å². The first kappa shape index (κ1) is 40.0. The van der Waals surface area contributed by atoms with Crippen LogP contribution in [-0.4, -0.2) is 46.7 Å². The van der Waals surface area contributed by atoms with Gasteiger partial charge in [-0.1, -0.05) is 77.8 Å². The van der Waals surface area contributed by atoms with Gasteiger partial charge in [0.1, 0.15) is 6.10 Å². The van der Waals surface area contributed by atoms with Crippen LogP contribution in [0.5, 0.6) is 0 Å². The number of carboxylic acid groups (broad SMARTS) is 1. The number of carboxylic acids is 1. The lowest BCUT2D eigenvalue weighted by atomic mass is 9.33. The first-order valence-corrected chi connectivity index (χ1v) is 21.4. The fourth-order valence-corrected chi connectivity index (χ4v) is 14.0. The summed E-state index contributed by atoms with van der Waals surface area (Å²) >= 11 is 6.22. The SMILES string of the molecule is CC(C)C1=C2[C@H]3CC[C@@H]4[C@@]5(C)CC[C@H](OC(=O)CC(C)(C)C(=O)O)C(C)(C)[C@@H]5CC[C@@]4(C)[C@]3(C)CCC2(C(O)CNC2(c3ccc(Cl)cc3)CC2)CC1=O. The molecular weight excluding hydrogens is 698 g/mol. The first-order chi connectivity index (χ1) is 25.1. The van der Waals surface area contributed by atoms with Gasteiger partial charge in [-0.15, -0.1) is 0 Å². The van der Waals surface area contributed by atoms with Crippen LogP contribution in [0.3, 0.4) is 0 Å². The fourth-order valence-electron chi connectivity index (χ4n) is 13.9. The van der Waals surface area contributed by atoms with E-state index in [0.717, 1.165) is 74.8 Å². The number of fused-ring (bicyclic) bond motifs is 7. The number of aliphatic hydroxyl groups is 1. The van der Waals surface area contributed by atoms with Gasteiger partial charge in [-0.3, -0.25) is 14.4 Å². The van der Waals surface area contributed by atoms with Crippen molar-refractivity contribution in [1.29, 1.82) is 0 Å². The van der Waals surface area contributed by atoms with E-state index in [0.29, 0.717) is 24.8 Å². The molecule has 2 unspecified atom stereocenters. The van der Waals surface area contributed by atoms with Crippen LogP contribution in [-0.2, 0) is 24.7 Å². The van der Waals surface area contributed by atoms with Crippen molar-refractivity contribution >= 4 is 29.3 Å². The zero-order chi connectivity index (χ0) is 39.4. The van der Waals surface area contributed by atoms with Crippen LogP contribution in [0.1, 0.15) is 145 Å². The molecule has 0 amide bonds. The summed E-state index contributed by atoms with van der Waals surface area (Å²) in [5, 5.41) is 26.5. The molecule has 5 saturated carbocycles.